The zero-order valence-corrected chi connectivity index (χ0v) is 17.4. The molecule has 1 atom stereocenters. The lowest BCUT2D eigenvalue weighted by molar-refractivity contribution is -0.206. The number of allylic oxidation sites excluding steroid dienone is 4. The summed E-state index contributed by atoms with van der Waals surface area (Å²) < 4.78 is 4.39. The van der Waals surface area contributed by atoms with Gasteiger partial charge in [-0.05, 0) is 62.2 Å². The Balaban J connectivity index is 2.68. The van der Waals surface area contributed by atoms with Crippen LogP contribution in [-0.2, 0) is 9.53 Å². The lowest BCUT2D eigenvalue weighted by atomic mass is 9.99. The van der Waals surface area contributed by atoms with Crippen LogP contribution in [0, 0.1) is 5.92 Å². The van der Waals surface area contributed by atoms with Crippen LogP contribution in [-0.4, -0.2) is 29.1 Å². The number of hydrogen-bond donors (Lipinski definition) is 2. The van der Waals surface area contributed by atoms with E-state index in [1.807, 2.05) is 6.08 Å². The second-order valence-corrected chi connectivity index (χ2v) is 7.56. The molecule has 0 spiro atoms. The number of aliphatic hydroxyl groups is 2. The number of rotatable bonds is 11. The maximum Gasteiger partial charge on any atom is 0.366 e. The van der Waals surface area contributed by atoms with E-state index in [1.165, 1.54) is 43.3 Å². The van der Waals surface area contributed by atoms with Gasteiger partial charge in [0.05, 0.1) is 7.11 Å². The van der Waals surface area contributed by atoms with Crippen molar-refractivity contribution < 1.29 is 19.7 Å². The average Bonchev–Trinajstić information content (AvgIpc) is 2.97. The minimum Gasteiger partial charge on any atom is -0.465 e. The second-order valence-electron chi connectivity index (χ2n) is 7.56. The van der Waals surface area contributed by atoms with Crippen LogP contribution in [0.25, 0.3) is 0 Å². The zero-order valence-electron chi connectivity index (χ0n) is 17.4. The van der Waals surface area contributed by atoms with Gasteiger partial charge in [0.25, 0.3) is 5.79 Å². The highest BCUT2D eigenvalue weighted by atomic mass is 16.6. The summed E-state index contributed by atoms with van der Waals surface area (Å²) in [6, 6.07) is 0. The Morgan fingerprint density at radius 1 is 1.33 bits per heavy atom. The number of methoxy groups -OCH3 is 1. The van der Waals surface area contributed by atoms with Crippen molar-refractivity contribution in [2.45, 2.75) is 84.3 Å². The number of carbonyl (C=O) groups excluding carboxylic acids is 1. The molecule has 152 valence electrons. The number of hydrogen-bond acceptors (Lipinski definition) is 4. The Morgan fingerprint density at radius 2 is 2.07 bits per heavy atom. The fraction of sp³-hybridized carbons (Fsp3) is 0.652. The molecule has 1 aliphatic carbocycles. The molecule has 1 aliphatic rings. The Bertz CT molecular complexity index is 604. The average molecular weight is 377 g/mol. The van der Waals surface area contributed by atoms with Crippen molar-refractivity contribution >= 4 is 5.97 Å². The molecule has 0 bridgehead atoms. The first-order valence-electron chi connectivity index (χ1n) is 10.1. The fourth-order valence-electron chi connectivity index (χ4n) is 3.45. The van der Waals surface area contributed by atoms with Crippen molar-refractivity contribution in [3.63, 3.8) is 0 Å². The highest BCUT2D eigenvalue weighted by Crippen LogP contribution is 2.34. The number of unbranched alkanes of at least 4 members (excludes halogenated alkanes) is 4. The van der Waals surface area contributed by atoms with Gasteiger partial charge in [0.2, 0.25) is 0 Å². The maximum absolute atomic E-state index is 11.3. The highest BCUT2D eigenvalue weighted by molar-refractivity contribution is 5.77. The van der Waals surface area contributed by atoms with Gasteiger partial charge >= 0.3 is 5.97 Å². The summed E-state index contributed by atoms with van der Waals surface area (Å²) in [6.45, 7) is 6.21. The summed E-state index contributed by atoms with van der Waals surface area (Å²) in [5, 5.41) is 19.4. The normalized spacial score (nSPS) is 17.3. The smallest absolute Gasteiger partial charge is 0.366 e. The first kappa shape index (κ1) is 23.4. The summed E-state index contributed by atoms with van der Waals surface area (Å²) in [6.07, 6.45) is 15.7. The zero-order chi connectivity index (χ0) is 20.3. The number of carbonyl (C=O) groups is 1. The van der Waals surface area contributed by atoms with Gasteiger partial charge in [-0.25, -0.2) is 4.79 Å². The molecule has 0 aliphatic heterocycles. The molecule has 27 heavy (non-hydrogen) atoms. The van der Waals surface area contributed by atoms with Gasteiger partial charge in [-0.3, -0.25) is 0 Å². The van der Waals surface area contributed by atoms with Crippen molar-refractivity contribution in [1.29, 1.82) is 0 Å². The van der Waals surface area contributed by atoms with E-state index < -0.39 is 11.8 Å². The molecule has 0 aromatic rings. The topological polar surface area (TPSA) is 66.8 Å². The molecule has 0 aromatic heterocycles. The second kappa shape index (κ2) is 12.0. The third-order valence-electron chi connectivity index (χ3n) is 5.09. The van der Waals surface area contributed by atoms with Crippen LogP contribution in [0.5, 0.6) is 0 Å². The summed E-state index contributed by atoms with van der Waals surface area (Å²) in [7, 11) is 1.13. The molecule has 0 saturated heterocycles. The lowest BCUT2D eigenvalue weighted by Gasteiger charge is -2.17. The first-order chi connectivity index (χ1) is 12.8. The highest BCUT2D eigenvalue weighted by Gasteiger charge is 2.34. The van der Waals surface area contributed by atoms with Gasteiger partial charge in [-0.1, -0.05) is 50.8 Å². The largest absolute Gasteiger partial charge is 0.465 e. The standard InChI is InChI=1S/C23H36O4/c1-5-6-7-8-9-10-13-20-16-15-19(3)21(20)14-11-12-18(2)17-23(25,26)22(24)27-4/h10-11,13,19,25-26H,5-9,14-17H2,1-4H3/b13-10+/t12?,19-/m0/s1. The molecule has 4 nitrogen and oxygen atoms in total. The van der Waals surface area contributed by atoms with Crippen LogP contribution in [0.1, 0.15) is 78.6 Å². The summed E-state index contributed by atoms with van der Waals surface area (Å²) in [5.41, 5.74) is 6.55. The summed E-state index contributed by atoms with van der Waals surface area (Å²) in [4.78, 5) is 11.3. The van der Waals surface area contributed by atoms with Gasteiger partial charge < -0.3 is 14.9 Å². The maximum atomic E-state index is 11.3. The molecule has 4 heteroatoms. The molecule has 0 heterocycles. The minimum absolute atomic E-state index is 0.213. The van der Waals surface area contributed by atoms with Crippen LogP contribution >= 0.6 is 0 Å². The van der Waals surface area contributed by atoms with Crippen LogP contribution in [0.3, 0.4) is 0 Å². The van der Waals surface area contributed by atoms with E-state index in [4.69, 9.17) is 0 Å². The predicted molar refractivity (Wildman–Crippen MR) is 109 cm³/mol. The molecule has 0 fully saturated rings. The van der Waals surface area contributed by atoms with E-state index in [0.29, 0.717) is 11.5 Å². The molecule has 1 rings (SSSR count). The van der Waals surface area contributed by atoms with E-state index in [2.05, 4.69) is 36.5 Å². The molecule has 2 N–H and O–H groups in total. The van der Waals surface area contributed by atoms with E-state index in [0.717, 1.165) is 26.4 Å². The van der Waals surface area contributed by atoms with E-state index >= 15 is 0 Å². The van der Waals surface area contributed by atoms with Crippen molar-refractivity contribution in [3.8, 4) is 0 Å². The van der Waals surface area contributed by atoms with Gasteiger partial charge in [0, 0.05) is 6.42 Å². The molecular formula is C23H36O4. The van der Waals surface area contributed by atoms with Gasteiger partial charge in [-0.15, -0.1) is 5.73 Å². The van der Waals surface area contributed by atoms with Crippen molar-refractivity contribution in [1.82, 2.24) is 0 Å². The lowest BCUT2D eigenvalue weighted by Crippen LogP contribution is -2.39. The van der Waals surface area contributed by atoms with Crippen molar-refractivity contribution in [2.24, 2.45) is 5.92 Å². The van der Waals surface area contributed by atoms with Gasteiger partial charge in [0.15, 0.2) is 0 Å². The first-order valence-corrected chi connectivity index (χ1v) is 10.1. The summed E-state index contributed by atoms with van der Waals surface area (Å²) >= 11 is 0. The van der Waals surface area contributed by atoms with Crippen LogP contribution in [0.15, 0.2) is 40.7 Å². The monoisotopic (exact) mass is 376 g/mol. The Labute approximate surface area is 164 Å². The SMILES string of the molecule is CCCCCC/C=C/C1=C(CC=C=C(C)CC(O)(O)C(=O)OC)[C@@H](C)CC1. The van der Waals surface area contributed by atoms with Crippen molar-refractivity contribution in [2.75, 3.05) is 7.11 Å². The quantitative estimate of drug-likeness (QED) is 0.231. The third-order valence-corrected chi connectivity index (χ3v) is 5.09. The Morgan fingerprint density at radius 3 is 2.74 bits per heavy atom. The minimum atomic E-state index is -2.49. The van der Waals surface area contributed by atoms with Crippen molar-refractivity contribution in [3.05, 3.63) is 40.7 Å². The van der Waals surface area contributed by atoms with E-state index in [9.17, 15) is 15.0 Å². The Hall–Kier alpha value is -1.61. The van der Waals surface area contributed by atoms with Crippen LogP contribution in [0.2, 0.25) is 0 Å². The number of ether oxygens (including phenoxy) is 1. The molecule has 0 amide bonds. The Kier molecular flexibility index (Phi) is 10.4. The molecule has 0 aromatic carbocycles. The molecular weight excluding hydrogens is 340 g/mol. The van der Waals surface area contributed by atoms with E-state index in [-0.39, 0.29) is 6.42 Å². The molecule has 0 radical (unpaired) electrons. The predicted octanol–water partition coefficient (Wildman–Crippen LogP) is 4.98. The van der Waals surface area contributed by atoms with Gasteiger partial charge in [0.1, 0.15) is 0 Å². The van der Waals surface area contributed by atoms with Crippen LogP contribution in [0.4, 0.5) is 0 Å². The van der Waals surface area contributed by atoms with E-state index in [1.54, 1.807) is 6.92 Å². The van der Waals surface area contributed by atoms with Crippen LogP contribution < -0.4 is 0 Å². The molecule has 0 saturated carbocycles. The fourth-order valence-corrected chi connectivity index (χ4v) is 3.45. The number of esters is 1. The third kappa shape index (κ3) is 8.30. The van der Waals surface area contributed by atoms with Gasteiger partial charge in [-0.2, -0.15) is 0 Å². The summed E-state index contributed by atoms with van der Waals surface area (Å²) in [5.74, 6) is -2.99. The molecule has 0 unspecified atom stereocenters.